The second kappa shape index (κ2) is 6.75. The lowest BCUT2D eigenvalue weighted by molar-refractivity contribution is -0.127. The van der Waals surface area contributed by atoms with Crippen LogP contribution >= 0.6 is 15.9 Å². The molecular weight excluding hydrogens is 298 g/mol. The molecule has 1 aromatic rings. The summed E-state index contributed by atoms with van der Waals surface area (Å²) >= 11 is 3.39. The van der Waals surface area contributed by atoms with Crippen LogP contribution in [0.25, 0.3) is 0 Å². The van der Waals surface area contributed by atoms with Crippen molar-refractivity contribution in [1.29, 1.82) is 0 Å². The van der Waals surface area contributed by atoms with Crippen molar-refractivity contribution in [3.05, 3.63) is 28.2 Å². The molecule has 0 saturated heterocycles. The first-order valence-corrected chi connectivity index (χ1v) is 6.58. The highest BCUT2D eigenvalue weighted by Crippen LogP contribution is 2.26. The van der Waals surface area contributed by atoms with Gasteiger partial charge in [-0.15, -0.1) is 0 Å². The van der Waals surface area contributed by atoms with Gasteiger partial charge in [-0.05, 0) is 54.4 Å². The van der Waals surface area contributed by atoms with Gasteiger partial charge in [-0.2, -0.15) is 0 Å². The van der Waals surface area contributed by atoms with Crippen molar-refractivity contribution in [3.8, 4) is 5.75 Å². The van der Waals surface area contributed by atoms with Gasteiger partial charge in [0.2, 0.25) is 0 Å². The highest BCUT2D eigenvalue weighted by Gasteiger charge is 2.16. The number of aliphatic hydroxyl groups excluding tert-OH is 1. The predicted molar refractivity (Wildman–Crippen MR) is 73.7 cm³/mol. The minimum atomic E-state index is -0.609. The van der Waals surface area contributed by atoms with Gasteiger partial charge >= 0.3 is 0 Å². The Labute approximate surface area is 115 Å². The Bertz CT molecular complexity index is 421. The van der Waals surface area contributed by atoms with Crippen LogP contribution in [-0.4, -0.2) is 29.8 Å². The summed E-state index contributed by atoms with van der Waals surface area (Å²) in [7, 11) is 0. The average Bonchev–Trinajstić information content (AvgIpc) is 2.29. The van der Waals surface area contributed by atoms with Crippen molar-refractivity contribution in [3.63, 3.8) is 0 Å². The highest BCUT2D eigenvalue weighted by atomic mass is 79.9. The summed E-state index contributed by atoms with van der Waals surface area (Å²) in [6, 6.07) is 5.66. The maximum atomic E-state index is 11.7. The number of hydrogen-bond donors (Lipinski definition) is 2. The SMILES string of the molecule is Cc1ccc(OC(C)C(=O)NCC(C)O)c(Br)c1. The summed E-state index contributed by atoms with van der Waals surface area (Å²) in [5, 5.41) is 11.7. The number of aryl methyl sites for hydroxylation is 1. The molecule has 0 aromatic heterocycles. The number of aliphatic hydroxyl groups is 1. The largest absolute Gasteiger partial charge is 0.480 e. The number of halogens is 1. The smallest absolute Gasteiger partial charge is 0.260 e. The molecule has 100 valence electrons. The van der Waals surface area contributed by atoms with E-state index < -0.39 is 12.2 Å². The van der Waals surface area contributed by atoms with E-state index in [-0.39, 0.29) is 12.5 Å². The van der Waals surface area contributed by atoms with E-state index in [4.69, 9.17) is 9.84 Å². The average molecular weight is 316 g/mol. The molecule has 5 heteroatoms. The van der Waals surface area contributed by atoms with E-state index in [0.717, 1.165) is 10.0 Å². The lowest BCUT2D eigenvalue weighted by Gasteiger charge is -2.16. The Kier molecular flexibility index (Phi) is 5.62. The zero-order valence-electron chi connectivity index (χ0n) is 10.7. The molecule has 0 aliphatic heterocycles. The van der Waals surface area contributed by atoms with Gasteiger partial charge in [-0.3, -0.25) is 4.79 Å². The number of amides is 1. The molecule has 2 atom stereocenters. The van der Waals surface area contributed by atoms with Crippen LogP contribution in [0, 0.1) is 6.92 Å². The highest BCUT2D eigenvalue weighted by molar-refractivity contribution is 9.10. The molecule has 0 fully saturated rings. The van der Waals surface area contributed by atoms with Crippen LogP contribution in [0.2, 0.25) is 0 Å². The lowest BCUT2D eigenvalue weighted by atomic mass is 10.2. The number of carbonyl (C=O) groups is 1. The maximum absolute atomic E-state index is 11.7. The van der Waals surface area contributed by atoms with Crippen LogP contribution in [0.15, 0.2) is 22.7 Å². The van der Waals surface area contributed by atoms with Gasteiger partial charge in [0.05, 0.1) is 10.6 Å². The molecule has 0 saturated carbocycles. The molecule has 0 aliphatic carbocycles. The van der Waals surface area contributed by atoms with Gasteiger partial charge in [-0.1, -0.05) is 6.07 Å². The predicted octanol–water partition coefficient (Wildman–Crippen LogP) is 2.02. The molecule has 1 amide bonds. The molecule has 0 radical (unpaired) electrons. The van der Waals surface area contributed by atoms with E-state index in [9.17, 15) is 4.79 Å². The molecule has 0 spiro atoms. The normalized spacial score (nSPS) is 13.8. The first kappa shape index (κ1) is 15.0. The van der Waals surface area contributed by atoms with Crippen LogP contribution in [-0.2, 0) is 4.79 Å². The van der Waals surface area contributed by atoms with Gasteiger partial charge in [-0.25, -0.2) is 0 Å². The molecule has 0 bridgehead atoms. The fraction of sp³-hybridized carbons (Fsp3) is 0.462. The Morgan fingerprint density at radius 1 is 1.50 bits per heavy atom. The second-order valence-electron chi connectivity index (χ2n) is 4.29. The van der Waals surface area contributed by atoms with E-state index in [1.54, 1.807) is 13.8 Å². The van der Waals surface area contributed by atoms with Crippen LogP contribution in [0.3, 0.4) is 0 Å². The van der Waals surface area contributed by atoms with Gasteiger partial charge in [0.15, 0.2) is 6.10 Å². The molecule has 0 heterocycles. The third-order valence-electron chi connectivity index (χ3n) is 2.33. The molecule has 1 aromatic carbocycles. The molecule has 2 N–H and O–H groups in total. The Balaban J connectivity index is 2.58. The second-order valence-corrected chi connectivity index (χ2v) is 5.14. The van der Waals surface area contributed by atoms with Gasteiger partial charge < -0.3 is 15.2 Å². The molecule has 4 nitrogen and oxygen atoms in total. The number of carbonyl (C=O) groups excluding carboxylic acids is 1. The summed E-state index contributed by atoms with van der Waals surface area (Å²) in [6.45, 7) is 5.49. The van der Waals surface area contributed by atoms with E-state index in [1.165, 1.54) is 0 Å². The van der Waals surface area contributed by atoms with Gasteiger partial charge in [0.1, 0.15) is 5.75 Å². The van der Waals surface area contributed by atoms with Crippen molar-refractivity contribution in [2.75, 3.05) is 6.54 Å². The quantitative estimate of drug-likeness (QED) is 0.874. The topological polar surface area (TPSA) is 58.6 Å². The summed E-state index contributed by atoms with van der Waals surface area (Å²) in [6.07, 6.45) is -1.17. The van der Waals surface area contributed by atoms with Crippen molar-refractivity contribution in [1.82, 2.24) is 5.32 Å². The summed E-state index contributed by atoms with van der Waals surface area (Å²) in [4.78, 5) is 11.7. The van der Waals surface area contributed by atoms with E-state index >= 15 is 0 Å². The lowest BCUT2D eigenvalue weighted by Crippen LogP contribution is -2.39. The van der Waals surface area contributed by atoms with Crippen molar-refractivity contribution in [2.45, 2.75) is 33.0 Å². The Morgan fingerprint density at radius 3 is 2.72 bits per heavy atom. The summed E-state index contributed by atoms with van der Waals surface area (Å²) < 4.78 is 6.37. The Hall–Kier alpha value is -1.07. The zero-order chi connectivity index (χ0) is 13.7. The van der Waals surface area contributed by atoms with Crippen LogP contribution in [0.5, 0.6) is 5.75 Å². The Morgan fingerprint density at radius 2 is 2.17 bits per heavy atom. The maximum Gasteiger partial charge on any atom is 0.260 e. The summed E-state index contributed by atoms with van der Waals surface area (Å²) in [5.74, 6) is 0.378. The zero-order valence-corrected chi connectivity index (χ0v) is 12.3. The van der Waals surface area contributed by atoms with Crippen molar-refractivity contribution >= 4 is 21.8 Å². The van der Waals surface area contributed by atoms with E-state index in [1.807, 2.05) is 25.1 Å². The molecule has 1 rings (SSSR count). The minimum absolute atomic E-state index is 0.224. The monoisotopic (exact) mass is 315 g/mol. The van der Waals surface area contributed by atoms with Crippen molar-refractivity contribution < 1.29 is 14.6 Å². The number of rotatable bonds is 5. The third kappa shape index (κ3) is 4.66. The van der Waals surface area contributed by atoms with Gasteiger partial charge in [0, 0.05) is 6.54 Å². The number of hydrogen-bond acceptors (Lipinski definition) is 3. The fourth-order valence-corrected chi connectivity index (χ4v) is 1.92. The molecular formula is C13H18BrNO3. The van der Waals surface area contributed by atoms with Crippen LogP contribution < -0.4 is 10.1 Å². The van der Waals surface area contributed by atoms with E-state index in [0.29, 0.717) is 5.75 Å². The van der Waals surface area contributed by atoms with Crippen LogP contribution in [0.1, 0.15) is 19.4 Å². The van der Waals surface area contributed by atoms with E-state index in [2.05, 4.69) is 21.2 Å². The summed E-state index contributed by atoms with van der Waals surface area (Å²) in [5.41, 5.74) is 1.11. The first-order chi connectivity index (χ1) is 8.40. The first-order valence-electron chi connectivity index (χ1n) is 5.78. The van der Waals surface area contributed by atoms with Crippen molar-refractivity contribution in [2.24, 2.45) is 0 Å². The molecule has 18 heavy (non-hydrogen) atoms. The standard InChI is InChI=1S/C13H18BrNO3/c1-8-4-5-12(11(14)6-8)18-10(3)13(17)15-7-9(2)16/h4-6,9-10,16H,7H2,1-3H3,(H,15,17). The number of ether oxygens (including phenoxy) is 1. The number of benzene rings is 1. The van der Waals surface area contributed by atoms with Gasteiger partial charge in [0.25, 0.3) is 5.91 Å². The van der Waals surface area contributed by atoms with Crippen LogP contribution in [0.4, 0.5) is 0 Å². The molecule has 2 unspecified atom stereocenters. The fourth-order valence-electron chi connectivity index (χ4n) is 1.34. The third-order valence-corrected chi connectivity index (χ3v) is 2.95. The minimum Gasteiger partial charge on any atom is -0.480 e. The molecule has 0 aliphatic rings. The number of nitrogens with one attached hydrogen (secondary N) is 1.